The third-order valence-electron chi connectivity index (χ3n) is 2.49. The summed E-state index contributed by atoms with van der Waals surface area (Å²) < 4.78 is 0. The van der Waals surface area contributed by atoms with E-state index in [1.807, 2.05) is 0 Å². The topological polar surface area (TPSA) is 40.5 Å². The third-order valence-corrected chi connectivity index (χ3v) is 2.49. The number of phenols is 2. The minimum Gasteiger partial charge on any atom is -0.508 e. The van der Waals surface area contributed by atoms with Crippen LogP contribution in [0.25, 0.3) is 0 Å². The molecule has 2 N–H and O–H groups in total. The predicted molar refractivity (Wildman–Crippen MR) is 82.6 cm³/mol. The average molecular weight is 262 g/mol. The van der Waals surface area contributed by atoms with E-state index in [2.05, 4.69) is 33.4 Å². The highest BCUT2D eigenvalue weighted by Crippen LogP contribution is 2.18. The van der Waals surface area contributed by atoms with E-state index >= 15 is 0 Å². The molecule has 0 amide bonds. The van der Waals surface area contributed by atoms with Crippen molar-refractivity contribution in [2.45, 2.75) is 47.0 Å². The molecule has 0 saturated heterocycles. The van der Waals surface area contributed by atoms with Gasteiger partial charge in [-0.25, -0.2) is 0 Å². The van der Waals surface area contributed by atoms with Crippen molar-refractivity contribution in [1.82, 2.24) is 0 Å². The fraction of sp³-hybridized carbons (Fsp3) is 0.412. The van der Waals surface area contributed by atoms with Gasteiger partial charge in [-0.3, -0.25) is 0 Å². The SMILES string of the molecule is C=C(C)C/C=C(/C)CCC.Cc1cc(O)cc(O)c1. The van der Waals surface area contributed by atoms with Crippen LogP contribution >= 0.6 is 0 Å². The van der Waals surface area contributed by atoms with E-state index < -0.39 is 0 Å². The Morgan fingerprint density at radius 2 is 1.68 bits per heavy atom. The lowest BCUT2D eigenvalue weighted by molar-refractivity contribution is 0.450. The van der Waals surface area contributed by atoms with Gasteiger partial charge >= 0.3 is 0 Å². The minimum atomic E-state index is 0.104. The van der Waals surface area contributed by atoms with Crippen LogP contribution in [-0.2, 0) is 0 Å². The van der Waals surface area contributed by atoms with Gasteiger partial charge in [0.1, 0.15) is 11.5 Å². The Balaban J connectivity index is 0.000000342. The number of allylic oxidation sites excluding steroid dienone is 3. The van der Waals surface area contributed by atoms with E-state index in [4.69, 9.17) is 10.2 Å². The Morgan fingerprint density at radius 1 is 1.16 bits per heavy atom. The Bertz CT molecular complexity index is 380. The molecular formula is C17H26O2. The zero-order valence-corrected chi connectivity index (χ0v) is 12.5. The highest BCUT2D eigenvalue weighted by atomic mass is 16.3. The molecule has 0 fully saturated rings. The number of hydrogen-bond acceptors (Lipinski definition) is 2. The lowest BCUT2D eigenvalue weighted by Crippen LogP contribution is -1.76. The van der Waals surface area contributed by atoms with E-state index in [9.17, 15) is 0 Å². The van der Waals surface area contributed by atoms with E-state index in [0.717, 1.165) is 12.0 Å². The first-order valence-corrected chi connectivity index (χ1v) is 6.64. The van der Waals surface area contributed by atoms with Gasteiger partial charge in [0.15, 0.2) is 0 Å². The zero-order valence-electron chi connectivity index (χ0n) is 12.5. The first-order chi connectivity index (χ1) is 8.85. The van der Waals surface area contributed by atoms with Gasteiger partial charge in [-0.05, 0) is 51.3 Å². The monoisotopic (exact) mass is 262 g/mol. The maximum absolute atomic E-state index is 8.83. The summed E-state index contributed by atoms with van der Waals surface area (Å²) in [6.07, 6.45) is 5.80. The summed E-state index contributed by atoms with van der Waals surface area (Å²) in [5.74, 6) is 0.208. The quantitative estimate of drug-likeness (QED) is 0.741. The van der Waals surface area contributed by atoms with Gasteiger partial charge < -0.3 is 10.2 Å². The molecule has 2 nitrogen and oxygen atoms in total. The fourth-order valence-corrected chi connectivity index (χ4v) is 1.59. The van der Waals surface area contributed by atoms with E-state index in [1.54, 1.807) is 19.1 Å². The number of aryl methyl sites for hydroxylation is 1. The second-order valence-electron chi connectivity index (χ2n) is 4.99. The number of rotatable bonds is 4. The maximum Gasteiger partial charge on any atom is 0.119 e. The van der Waals surface area contributed by atoms with Gasteiger partial charge in [0.2, 0.25) is 0 Å². The number of hydrogen-bond donors (Lipinski definition) is 2. The van der Waals surface area contributed by atoms with Gasteiger partial charge in [0, 0.05) is 6.07 Å². The lowest BCUT2D eigenvalue weighted by Gasteiger charge is -1.96. The van der Waals surface area contributed by atoms with Crippen LogP contribution in [-0.4, -0.2) is 10.2 Å². The predicted octanol–water partition coefficient (Wildman–Crippen LogP) is 5.11. The molecule has 0 radical (unpaired) electrons. The summed E-state index contributed by atoms with van der Waals surface area (Å²) in [4.78, 5) is 0. The van der Waals surface area contributed by atoms with Crippen molar-refractivity contribution in [3.05, 3.63) is 47.6 Å². The summed E-state index contributed by atoms with van der Waals surface area (Å²) in [5, 5.41) is 17.7. The lowest BCUT2D eigenvalue weighted by atomic mass is 10.1. The number of benzene rings is 1. The zero-order chi connectivity index (χ0) is 14.8. The summed E-state index contributed by atoms with van der Waals surface area (Å²) in [6, 6.07) is 4.46. The minimum absolute atomic E-state index is 0.104. The molecule has 2 heteroatoms. The van der Waals surface area contributed by atoms with Crippen molar-refractivity contribution in [3.63, 3.8) is 0 Å². The molecule has 1 aromatic rings. The van der Waals surface area contributed by atoms with Gasteiger partial charge in [0.25, 0.3) is 0 Å². The Labute approximate surface area is 117 Å². The van der Waals surface area contributed by atoms with Crippen molar-refractivity contribution >= 4 is 0 Å². The van der Waals surface area contributed by atoms with Crippen LogP contribution in [0.3, 0.4) is 0 Å². The molecule has 0 atom stereocenters. The van der Waals surface area contributed by atoms with Gasteiger partial charge in [-0.15, -0.1) is 0 Å². The van der Waals surface area contributed by atoms with Crippen LogP contribution < -0.4 is 0 Å². The van der Waals surface area contributed by atoms with Crippen molar-refractivity contribution in [2.24, 2.45) is 0 Å². The average Bonchev–Trinajstić information content (AvgIpc) is 2.25. The number of aromatic hydroxyl groups is 2. The Kier molecular flexibility index (Phi) is 8.43. The van der Waals surface area contributed by atoms with E-state index in [0.29, 0.717) is 0 Å². The van der Waals surface area contributed by atoms with Gasteiger partial charge in [-0.2, -0.15) is 0 Å². The fourth-order valence-electron chi connectivity index (χ4n) is 1.59. The first kappa shape index (κ1) is 17.3. The standard InChI is InChI=1S/C10H18.C7H8O2/c1-5-6-10(4)8-7-9(2)3;1-5-2-6(8)4-7(9)3-5/h8H,2,5-7H2,1,3-4H3;2-4,8-9H,1H3/b10-8-;. The molecule has 0 aromatic heterocycles. The molecule has 0 aliphatic carbocycles. The first-order valence-electron chi connectivity index (χ1n) is 6.64. The van der Waals surface area contributed by atoms with E-state index in [1.165, 1.54) is 30.1 Å². The Morgan fingerprint density at radius 3 is 2.05 bits per heavy atom. The van der Waals surface area contributed by atoms with Crippen LogP contribution in [0.4, 0.5) is 0 Å². The molecule has 19 heavy (non-hydrogen) atoms. The molecule has 0 spiro atoms. The van der Waals surface area contributed by atoms with Crippen LogP contribution in [0.2, 0.25) is 0 Å². The van der Waals surface area contributed by atoms with Crippen molar-refractivity contribution in [1.29, 1.82) is 0 Å². The summed E-state index contributed by atoms with van der Waals surface area (Å²) in [7, 11) is 0. The van der Waals surface area contributed by atoms with Crippen molar-refractivity contribution < 1.29 is 10.2 Å². The molecular weight excluding hydrogens is 236 g/mol. The third kappa shape index (κ3) is 9.95. The van der Waals surface area contributed by atoms with Crippen molar-refractivity contribution in [2.75, 3.05) is 0 Å². The number of phenolic OH excluding ortho intramolecular Hbond substituents is 2. The molecule has 0 unspecified atom stereocenters. The molecule has 1 aromatic carbocycles. The summed E-state index contributed by atoms with van der Waals surface area (Å²) >= 11 is 0. The normalized spacial score (nSPS) is 10.6. The second-order valence-corrected chi connectivity index (χ2v) is 4.99. The van der Waals surface area contributed by atoms with E-state index in [-0.39, 0.29) is 11.5 Å². The van der Waals surface area contributed by atoms with Crippen LogP contribution in [0, 0.1) is 6.92 Å². The van der Waals surface area contributed by atoms with Gasteiger partial charge in [-0.1, -0.05) is 37.1 Å². The molecule has 0 bridgehead atoms. The maximum atomic E-state index is 8.83. The largest absolute Gasteiger partial charge is 0.508 e. The van der Waals surface area contributed by atoms with Crippen molar-refractivity contribution in [3.8, 4) is 11.5 Å². The summed E-state index contributed by atoms with van der Waals surface area (Å²) in [5.41, 5.74) is 3.59. The smallest absolute Gasteiger partial charge is 0.119 e. The molecule has 0 saturated carbocycles. The molecule has 106 valence electrons. The molecule has 0 heterocycles. The van der Waals surface area contributed by atoms with Crippen LogP contribution in [0.5, 0.6) is 11.5 Å². The highest BCUT2D eigenvalue weighted by molar-refractivity contribution is 5.35. The molecule has 0 aliphatic rings. The second kappa shape index (κ2) is 9.26. The molecule has 1 rings (SSSR count). The van der Waals surface area contributed by atoms with Crippen LogP contribution in [0.15, 0.2) is 42.0 Å². The molecule has 0 aliphatic heterocycles. The Hall–Kier alpha value is -1.70. The van der Waals surface area contributed by atoms with Crippen LogP contribution in [0.1, 0.15) is 45.6 Å². The van der Waals surface area contributed by atoms with Gasteiger partial charge in [0.05, 0.1) is 0 Å². The summed E-state index contributed by atoms with van der Waals surface area (Å²) in [6.45, 7) is 12.1. The highest BCUT2D eigenvalue weighted by Gasteiger charge is 1.91.